The van der Waals surface area contributed by atoms with Crippen molar-refractivity contribution in [1.29, 1.82) is 0 Å². The molecule has 1 fully saturated rings. The molecule has 1 aromatic heterocycles. The molecule has 4 rings (SSSR count). The highest BCUT2D eigenvalue weighted by Gasteiger charge is 2.23. The van der Waals surface area contributed by atoms with Crippen molar-refractivity contribution in [2.24, 2.45) is 0 Å². The van der Waals surface area contributed by atoms with E-state index in [4.69, 9.17) is 16.3 Å². The number of thiazole rings is 1. The standard InChI is InChI=1S/C20H20ClN3O2S/c1-26-15-7-5-14(6-8-15)13-18(25)23-9-11-24(12-10-23)20-22-19-16(21)3-2-4-17(19)27-20/h2-8H,9-13H2,1H3. The number of benzene rings is 2. The predicted octanol–water partition coefficient (Wildman–Crippen LogP) is 3.85. The molecule has 0 bridgehead atoms. The first kappa shape index (κ1) is 18.1. The second kappa shape index (κ2) is 7.74. The van der Waals surface area contributed by atoms with Crippen LogP contribution >= 0.6 is 22.9 Å². The minimum atomic E-state index is 0.159. The third-order valence-corrected chi connectivity index (χ3v) is 6.16. The number of hydrogen-bond donors (Lipinski definition) is 0. The summed E-state index contributed by atoms with van der Waals surface area (Å²) in [6.45, 7) is 2.98. The molecule has 1 aliphatic rings. The first-order valence-electron chi connectivity index (χ1n) is 8.85. The molecule has 0 atom stereocenters. The minimum absolute atomic E-state index is 0.159. The van der Waals surface area contributed by atoms with Gasteiger partial charge in [-0.15, -0.1) is 0 Å². The lowest BCUT2D eigenvalue weighted by molar-refractivity contribution is -0.130. The van der Waals surface area contributed by atoms with Gasteiger partial charge in [-0.05, 0) is 29.8 Å². The summed E-state index contributed by atoms with van der Waals surface area (Å²) in [7, 11) is 1.64. The number of hydrogen-bond acceptors (Lipinski definition) is 5. The number of piperazine rings is 1. The molecule has 0 radical (unpaired) electrons. The van der Waals surface area contributed by atoms with Crippen LogP contribution < -0.4 is 9.64 Å². The van der Waals surface area contributed by atoms with Crippen LogP contribution in [-0.2, 0) is 11.2 Å². The third kappa shape index (κ3) is 3.87. The van der Waals surface area contributed by atoms with E-state index in [9.17, 15) is 4.79 Å². The number of carbonyl (C=O) groups excluding carboxylic acids is 1. The molecule has 1 amide bonds. The van der Waals surface area contributed by atoms with Crippen LogP contribution in [0, 0.1) is 0 Å². The van der Waals surface area contributed by atoms with Crippen LogP contribution in [-0.4, -0.2) is 49.1 Å². The lowest BCUT2D eigenvalue weighted by Gasteiger charge is -2.34. The summed E-state index contributed by atoms with van der Waals surface area (Å²) in [6, 6.07) is 13.5. The fourth-order valence-corrected chi connectivity index (χ4v) is 4.53. The van der Waals surface area contributed by atoms with Crippen molar-refractivity contribution in [3.8, 4) is 5.75 Å². The van der Waals surface area contributed by atoms with Gasteiger partial charge in [0.1, 0.15) is 11.3 Å². The second-order valence-electron chi connectivity index (χ2n) is 6.48. The summed E-state index contributed by atoms with van der Waals surface area (Å²) < 4.78 is 6.25. The van der Waals surface area contributed by atoms with Crippen molar-refractivity contribution in [3.63, 3.8) is 0 Å². The maximum absolute atomic E-state index is 12.6. The molecule has 2 aromatic carbocycles. The maximum atomic E-state index is 12.6. The van der Waals surface area contributed by atoms with Crippen LogP contribution in [0.25, 0.3) is 10.2 Å². The number of ether oxygens (including phenoxy) is 1. The van der Waals surface area contributed by atoms with E-state index < -0.39 is 0 Å². The number of nitrogens with zero attached hydrogens (tertiary/aromatic N) is 3. The molecule has 0 spiro atoms. The Bertz CT molecular complexity index is 950. The van der Waals surface area contributed by atoms with Crippen LogP contribution in [0.3, 0.4) is 0 Å². The van der Waals surface area contributed by atoms with Gasteiger partial charge in [0.2, 0.25) is 5.91 Å². The number of anilines is 1. The number of carbonyl (C=O) groups is 1. The van der Waals surface area contributed by atoms with E-state index in [-0.39, 0.29) is 5.91 Å². The molecule has 0 saturated carbocycles. The van der Waals surface area contributed by atoms with E-state index in [2.05, 4.69) is 9.88 Å². The fraction of sp³-hybridized carbons (Fsp3) is 0.300. The molecule has 1 saturated heterocycles. The lowest BCUT2D eigenvalue weighted by Crippen LogP contribution is -2.49. The average Bonchev–Trinajstić information content (AvgIpc) is 3.14. The third-order valence-electron chi connectivity index (χ3n) is 4.78. The molecule has 5 nitrogen and oxygen atoms in total. The Balaban J connectivity index is 1.37. The molecule has 7 heteroatoms. The molecule has 140 valence electrons. The smallest absolute Gasteiger partial charge is 0.227 e. The molecule has 0 N–H and O–H groups in total. The normalized spacial score (nSPS) is 14.6. The van der Waals surface area contributed by atoms with Gasteiger partial charge in [-0.25, -0.2) is 4.98 Å². The van der Waals surface area contributed by atoms with Gasteiger partial charge in [0, 0.05) is 26.2 Å². The Labute approximate surface area is 167 Å². The summed E-state index contributed by atoms with van der Waals surface area (Å²) in [4.78, 5) is 21.4. The first-order chi connectivity index (χ1) is 13.1. The van der Waals surface area contributed by atoms with E-state index in [1.165, 1.54) is 0 Å². The van der Waals surface area contributed by atoms with Gasteiger partial charge in [-0.2, -0.15) is 0 Å². The SMILES string of the molecule is COc1ccc(CC(=O)N2CCN(c3nc4c(Cl)cccc4s3)CC2)cc1. The van der Waals surface area contributed by atoms with Crippen LogP contribution in [0.4, 0.5) is 5.13 Å². The number of amides is 1. The van der Waals surface area contributed by atoms with Gasteiger partial charge in [-0.1, -0.05) is 41.1 Å². The van der Waals surface area contributed by atoms with Gasteiger partial charge in [0.25, 0.3) is 0 Å². The van der Waals surface area contributed by atoms with Gasteiger partial charge >= 0.3 is 0 Å². The summed E-state index contributed by atoms with van der Waals surface area (Å²) >= 11 is 7.88. The van der Waals surface area contributed by atoms with Gasteiger partial charge in [-0.3, -0.25) is 4.79 Å². The molecular formula is C20H20ClN3O2S. The van der Waals surface area contributed by atoms with Crippen molar-refractivity contribution < 1.29 is 9.53 Å². The van der Waals surface area contributed by atoms with Crippen molar-refractivity contribution in [2.75, 3.05) is 38.2 Å². The zero-order valence-electron chi connectivity index (χ0n) is 15.0. The van der Waals surface area contributed by atoms with E-state index in [0.717, 1.165) is 39.8 Å². The maximum Gasteiger partial charge on any atom is 0.227 e. The van der Waals surface area contributed by atoms with Crippen LogP contribution in [0.1, 0.15) is 5.56 Å². The van der Waals surface area contributed by atoms with E-state index >= 15 is 0 Å². The molecule has 0 unspecified atom stereocenters. The van der Waals surface area contributed by atoms with Crippen LogP contribution in [0.5, 0.6) is 5.75 Å². The Morgan fingerprint density at radius 1 is 1.15 bits per heavy atom. The largest absolute Gasteiger partial charge is 0.497 e. The number of aromatic nitrogens is 1. The highest BCUT2D eigenvalue weighted by Crippen LogP contribution is 2.33. The Morgan fingerprint density at radius 3 is 2.56 bits per heavy atom. The van der Waals surface area contributed by atoms with Crippen LogP contribution in [0.2, 0.25) is 5.02 Å². The Kier molecular flexibility index (Phi) is 5.18. The molecule has 1 aliphatic heterocycles. The van der Waals surface area contributed by atoms with Crippen molar-refractivity contribution in [3.05, 3.63) is 53.1 Å². The van der Waals surface area contributed by atoms with E-state index in [1.54, 1.807) is 18.4 Å². The molecule has 2 heterocycles. The number of methoxy groups -OCH3 is 1. The first-order valence-corrected chi connectivity index (χ1v) is 10.0. The van der Waals surface area contributed by atoms with Crippen molar-refractivity contribution in [1.82, 2.24) is 9.88 Å². The highest BCUT2D eigenvalue weighted by atomic mass is 35.5. The van der Waals surface area contributed by atoms with Crippen LogP contribution in [0.15, 0.2) is 42.5 Å². The Morgan fingerprint density at radius 2 is 1.89 bits per heavy atom. The number of rotatable bonds is 4. The highest BCUT2D eigenvalue weighted by molar-refractivity contribution is 7.22. The molecule has 0 aliphatic carbocycles. The number of halogens is 1. The quantitative estimate of drug-likeness (QED) is 0.666. The fourth-order valence-electron chi connectivity index (χ4n) is 3.22. The van der Waals surface area contributed by atoms with E-state index in [1.807, 2.05) is 47.4 Å². The van der Waals surface area contributed by atoms with Gasteiger partial charge < -0.3 is 14.5 Å². The number of fused-ring (bicyclic) bond motifs is 1. The summed E-state index contributed by atoms with van der Waals surface area (Å²) in [5.74, 6) is 0.961. The summed E-state index contributed by atoms with van der Waals surface area (Å²) in [5.41, 5.74) is 1.86. The zero-order valence-corrected chi connectivity index (χ0v) is 16.6. The Hall–Kier alpha value is -2.31. The monoisotopic (exact) mass is 401 g/mol. The number of para-hydroxylation sites is 1. The summed E-state index contributed by atoms with van der Waals surface area (Å²) in [6.07, 6.45) is 0.417. The zero-order chi connectivity index (χ0) is 18.8. The minimum Gasteiger partial charge on any atom is -0.497 e. The molecular weight excluding hydrogens is 382 g/mol. The average molecular weight is 402 g/mol. The second-order valence-corrected chi connectivity index (χ2v) is 7.89. The van der Waals surface area contributed by atoms with Gasteiger partial charge in [0.15, 0.2) is 5.13 Å². The predicted molar refractivity (Wildman–Crippen MR) is 110 cm³/mol. The van der Waals surface area contributed by atoms with Crippen molar-refractivity contribution in [2.45, 2.75) is 6.42 Å². The lowest BCUT2D eigenvalue weighted by atomic mass is 10.1. The van der Waals surface area contributed by atoms with E-state index in [0.29, 0.717) is 24.5 Å². The molecule has 27 heavy (non-hydrogen) atoms. The topological polar surface area (TPSA) is 45.7 Å². The molecule has 3 aromatic rings. The summed E-state index contributed by atoms with van der Waals surface area (Å²) in [5, 5.41) is 1.66. The van der Waals surface area contributed by atoms with Gasteiger partial charge in [0.05, 0.1) is 23.3 Å². The van der Waals surface area contributed by atoms with Crippen molar-refractivity contribution >= 4 is 44.2 Å².